The molecule has 0 unspecified atom stereocenters. The van der Waals surface area contributed by atoms with Gasteiger partial charge in [0.05, 0.1) is 11.0 Å². The lowest BCUT2D eigenvalue weighted by molar-refractivity contribution is 0.989. The van der Waals surface area contributed by atoms with Crippen molar-refractivity contribution in [3.8, 4) is 11.1 Å². The Kier molecular flexibility index (Phi) is 3.30. The Hall–Kier alpha value is -4.17. The van der Waals surface area contributed by atoms with E-state index in [9.17, 15) is 0 Å². The van der Waals surface area contributed by atoms with E-state index in [2.05, 4.69) is 114 Å². The van der Waals surface area contributed by atoms with Crippen LogP contribution in [0.25, 0.3) is 59.9 Å². The summed E-state index contributed by atoms with van der Waals surface area (Å²) in [6, 6.07) is 36.7. The second-order valence-corrected chi connectivity index (χ2v) is 8.09. The summed E-state index contributed by atoms with van der Waals surface area (Å²) in [7, 11) is 0. The van der Waals surface area contributed by atoms with Crippen LogP contribution >= 0.6 is 0 Å². The number of pyridine rings is 1. The first kappa shape index (κ1) is 16.6. The van der Waals surface area contributed by atoms with E-state index in [0.717, 1.165) is 5.52 Å². The highest BCUT2D eigenvalue weighted by molar-refractivity contribution is 6.27. The number of benzene rings is 5. The molecule has 0 radical (unpaired) electrons. The van der Waals surface area contributed by atoms with Gasteiger partial charge in [-0.15, -0.1) is 0 Å². The fraction of sp³-hybridized carbons (Fsp3) is 0. The maximum absolute atomic E-state index is 5.03. The molecule has 0 fully saturated rings. The predicted octanol–water partition coefficient (Wildman–Crippen LogP) is 7.61. The number of hydrogen-bond donors (Lipinski definition) is 0. The van der Waals surface area contributed by atoms with Crippen molar-refractivity contribution < 1.29 is 0 Å². The lowest BCUT2D eigenvalue weighted by atomic mass is 9.95. The number of hydrogen-bond acceptors (Lipinski definition) is 1. The van der Waals surface area contributed by atoms with E-state index in [-0.39, 0.29) is 0 Å². The molecule has 2 nitrogen and oxygen atoms in total. The van der Waals surface area contributed by atoms with Gasteiger partial charge in [0.25, 0.3) is 0 Å². The molecule has 0 spiro atoms. The molecule has 0 N–H and O–H groups in total. The second-order valence-electron chi connectivity index (χ2n) is 8.09. The molecule has 2 aromatic heterocycles. The van der Waals surface area contributed by atoms with E-state index in [1.807, 2.05) is 0 Å². The molecule has 7 rings (SSSR count). The van der Waals surface area contributed by atoms with E-state index in [0.29, 0.717) is 0 Å². The molecule has 0 aliphatic carbocycles. The van der Waals surface area contributed by atoms with Crippen LogP contribution in [0.2, 0.25) is 0 Å². The average Bonchev–Trinajstić information content (AvgIpc) is 3.23. The van der Waals surface area contributed by atoms with Crippen LogP contribution in [0.1, 0.15) is 0 Å². The molecule has 0 bridgehead atoms. The molecule has 0 saturated heterocycles. The van der Waals surface area contributed by atoms with Crippen molar-refractivity contribution in [1.82, 2.24) is 9.61 Å². The smallest absolute Gasteiger partial charge is 0.0940 e. The summed E-state index contributed by atoms with van der Waals surface area (Å²) in [6.07, 6.45) is 2.18. The first-order valence-electron chi connectivity index (χ1n) is 10.6. The van der Waals surface area contributed by atoms with Gasteiger partial charge in [0.1, 0.15) is 0 Å². The van der Waals surface area contributed by atoms with E-state index in [1.54, 1.807) is 0 Å². The fourth-order valence-corrected chi connectivity index (χ4v) is 5.01. The minimum absolute atomic E-state index is 1.03. The predicted molar refractivity (Wildman–Crippen MR) is 131 cm³/mol. The number of rotatable bonds is 1. The highest BCUT2D eigenvalue weighted by atomic mass is 15.2. The van der Waals surface area contributed by atoms with Gasteiger partial charge in [-0.2, -0.15) is 5.10 Å². The molecule has 0 aliphatic rings. The largest absolute Gasteiger partial charge is 0.238 e. The van der Waals surface area contributed by atoms with Crippen molar-refractivity contribution >= 4 is 48.7 Å². The van der Waals surface area contributed by atoms with Gasteiger partial charge in [0.2, 0.25) is 0 Å². The number of nitrogens with zero attached hydrogens (tertiary/aromatic N) is 2. The standard InChI is InChI=1S/C29H18N2/c1-2-8-19(9-3-1)25-18-31-29(24-13-7-6-12-23(24)25)28-26(30-31)17-16-21-15-14-20-10-4-5-11-22(20)27(21)28/h1-18H. The van der Waals surface area contributed by atoms with Crippen LogP contribution in [0.15, 0.2) is 109 Å². The molecule has 31 heavy (non-hydrogen) atoms. The third-order valence-corrected chi connectivity index (χ3v) is 6.38. The van der Waals surface area contributed by atoms with E-state index >= 15 is 0 Å². The van der Waals surface area contributed by atoms with Gasteiger partial charge in [0.15, 0.2) is 0 Å². The maximum atomic E-state index is 5.03. The summed E-state index contributed by atoms with van der Waals surface area (Å²) in [5.41, 5.74) is 4.60. The molecule has 0 saturated carbocycles. The van der Waals surface area contributed by atoms with Gasteiger partial charge in [-0.3, -0.25) is 0 Å². The fourth-order valence-electron chi connectivity index (χ4n) is 5.01. The van der Waals surface area contributed by atoms with Crippen LogP contribution in [0.3, 0.4) is 0 Å². The van der Waals surface area contributed by atoms with Crippen molar-refractivity contribution in [2.45, 2.75) is 0 Å². The van der Waals surface area contributed by atoms with E-state index in [1.165, 1.54) is 54.3 Å². The van der Waals surface area contributed by atoms with Gasteiger partial charge in [-0.1, -0.05) is 97.1 Å². The highest BCUT2D eigenvalue weighted by Crippen LogP contribution is 2.39. The molecule has 0 aliphatic heterocycles. The molecule has 0 atom stereocenters. The molecule has 144 valence electrons. The van der Waals surface area contributed by atoms with Crippen molar-refractivity contribution in [3.63, 3.8) is 0 Å². The molecule has 0 amide bonds. The Morgan fingerprint density at radius 2 is 1.19 bits per heavy atom. The summed E-state index contributed by atoms with van der Waals surface area (Å²) in [5.74, 6) is 0. The lowest BCUT2D eigenvalue weighted by Gasteiger charge is -2.10. The maximum Gasteiger partial charge on any atom is 0.0940 e. The first-order valence-corrected chi connectivity index (χ1v) is 10.6. The van der Waals surface area contributed by atoms with Gasteiger partial charge in [-0.25, -0.2) is 4.52 Å². The zero-order valence-electron chi connectivity index (χ0n) is 16.8. The first-order chi connectivity index (χ1) is 15.4. The third-order valence-electron chi connectivity index (χ3n) is 6.38. The van der Waals surface area contributed by atoms with Crippen molar-refractivity contribution in [1.29, 1.82) is 0 Å². The van der Waals surface area contributed by atoms with Gasteiger partial charge in [-0.05, 0) is 33.2 Å². The number of aromatic nitrogens is 2. The molecular formula is C29H18N2. The van der Waals surface area contributed by atoms with Crippen LogP contribution < -0.4 is 0 Å². The number of fused-ring (bicyclic) bond motifs is 9. The van der Waals surface area contributed by atoms with E-state index in [4.69, 9.17) is 5.10 Å². The second kappa shape index (κ2) is 6.16. The van der Waals surface area contributed by atoms with Crippen LogP contribution in [0.5, 0.6) is 0 Å². The van der Waals surface area contributed by atoms with Gasteiger partial charge < -0.3 is 0 Å². The Morgan fingerprint density at radius 1 is 0.516 bits per heavy atom. The quantitative estimate of drug-likeness (QED) is 0.262. The van der Waals surface area contributed by atoms with Crippen molar-refractivity contribution in [2.24, 2.45) is 0 Å². The molecular weight excluding hydrogens is 376 g/mol. The molecule has 2 heterocycles. The van der Waals surface area contributed by atoms with Crippen molar-refractivity contribution in [3.05, 3.63) is 109 Å². The Balaban J connectivity index is 1.75. The zero-order chi connectivity index (χ0) is 20.4. The summed E-state index contributed by atoms with van der Waals surface area (Å²) in [4.78, 5) is 0. The SMILES string of the molecule is c1ccc(-c2cn3nc4ccc5ccc6ccccc6c5c4c3c3ccccc23)cc1. The Labute approximate surface area is 179 Å². The van der Waals surface area contributed by atoms with Gasteiger partial charge >= 0.3 is 0 Å². The van der Waals surface area contributed by atoms with Crippen LogP contribution in [-0.4, -0.2) is 9.61 Å². The Bertz CT molecular complexity index is 1780. The lowest BCUT2D eigenvalue weighted by Crippen LogP contribution is -1.91. The Morgan fingerprint density at radius 3 is 2.06 bits per heavy atom. The van der Waals surface area contributed by atoms with Crippen LogP contribution in [0, 0.1) is 0 Å². The van der Waals surface area contributed by atoms with Crippen LogP contribution in [0.4, 0.5) is 0 Å². The third kappa shape index (κ3) is 2.30. The minimum atomic E-state index is 1.03. The van der Waals surface area contributed by atoms with Gasteiger partial charge in [0, 0.05) is 27.9 Å². The summed E-state index contributed by atoms with van der Waals surface area (Å²) in [6.45, 7) is 0. The van der Waals surface area contributed by atoms with E-state index < -0.39 is 0 Å². The normalized spacial score (nSPS) is 11.9. The zero-order valence-corrected chi connectivity index (χ0v) is 16.8. The minimum Gasteiger partial charge on any atom is -0.238 e. The molecule has 5 aromatic carbocycles. The summed E-state index contributed by atoms with van der Waals surface area (Å²) < 4.78 is 2.08. The van der Waals surface area contributed by atoms with Crippen LogP contribution in [-0.2, 0) is 0 Å². The molecule has 2 heteroatoms. The highest BCUT2D eigenvalue weighted by Gasteiger charge is 2.16. The molecule has 7 aromatic rings. The van der Waals surface area contributed by atoms with Crippen molar-refractivity contribution in [2.75, 3.05) is 0 Å². The summed E-state index contributed by atoms with van der Waals surface area (Å²) in [5, 5.41) is 13.8. The monoisotopic (exact) mass is 394 g/mol. The topological polar surface area (TPSA) is 17.3 Å². The average molecular weight is 394 g/mol. The summed E-state index contributed by atoms with van der Waals surface area (Å²) >= 11 is 0.